The molecule has 2 aromatic carbocycles. The van der Waals surface area contributed by atoms with Crippen molar-refractivity contribution < 1.29 is 4.39 Å². The Bertz CT molecular complexity index is 942. The molecule has 142 valence electrons. The van der Waals surface area contributed by atoms with Crippen LogP contribution in [-0.4, -0.2) is 42.2 Å². The SMILES string of the molecule is O=c1sc2ccccc2n1CCCCN1CCN(c2ccc(F)cc2)CC1. The van der Waals surface area contributed by atoms with Crippen LogP contribution >= 0.6 is 11.3 Å². The molecule has 0 unspecified atom stereocenters. The van der Waals surface area contributed by atoms with Crippen LogP contribution < -0.4 is 9.77 Å². The van der Waals surface area contributed by atoms with Gasteiger partial charge >= 0.3 is 4.87 Å². The molecular weight excluding hydrogens is 361 g/mol. The van der Waals surface area contributed by atoms with Crippen LogP contribution in [0.1, 0.15) is 12.8 Å². The molecule has 6 heteroatoms. The molecule has 1 aromatic heterocycles. The topological polar surface area (TPSA) is 28.5 Å². The van der Waals surface area contributed by atoms with E-state index in [9.17, 15) is 9.18 Å². The van der Waals surface area contributed by atoms with Crippen LogP contribution in [0.4, 0.5) is 10.1 Å². The standard InChI is InChI=1S/C21H24FN3OS/c22-17-7-9-18(10-8-17)24-15-13-23(14-16-24)11-3-4-12-25-19-5-1-2-6-20(19)27-21(25)26/h1-2,5-10H,3-4,11-16H2. The monoisotopic (exact) mass is 385 g/mol. The molecule has 2 heterocycles. The molecule has 0 N–H and O–H groups in total. The first-order valence-electron chi connectivity index (χ1n) is 9.52. The number of thiazole rings is 1. The molecule has 0 aliphatic carbocycles. The molecule has 1 saturated heterocycles. The number of hydrogen-bond acceptors (Lipinski definition) is 4. The predicted molar refractivity (Wildman–Crippen MR) is 110 cm³/mol. The lowest BCUT2D eigenvalue weighted by Gasteiger charge is -2.36. The lowest BCUT2D eigenvalue weighted by Crippen LogP contribution is -2.46. The number of unbranched alkanes of at least 4 members (excludes halogenated alkanes) is 1. The van der Waals surface area contributed by atoms with Gasteiger partial charge < -0.3 is 4.90 Å². The van der Waals surface area contributed by atoms with Gasteiger partial charge in [-0.1, -0.05) is 23.5 Å². The number of rotatable bonds is 6. The molecule has 4 nitrogen and oxygen atoms in total. The van der Waals surface area contributed by atoms with Crippen LogP contribution in [0.5, 0.6) is 0 Å². The second kappa shape index (κ2) is 8.23. The van der Waals surface area contributed by atoms with Gasteiger partial charge in [-0.2, -0.15) is 0 Å². The van der Waals surface area contributed by atoms with Crippen LogP contribution in [0, 0.1) is 5.82 Å². The molecule has 0 bridgehead atoms. The molecule has 1 aliphatic rings. The van der Waals surface area contributed by atoms with Crippen LogP contribution in [0.3, 0.4) is 0 Å². The minimum Gasteiger partial charge on any atom is -0.369 e. The number of hydrogen-bond donors (Lipinski definition) is 0. The largest absolute Gasteiger partial charge is 0.369 e. The van der Waals surface area contributed by atoms with Crippen LogP contribution in [0.2, 0.25) is 0 Å². The summed E-state index contributed by atoms with van der Waals surface area (Å²) in [7, 11) is 0. The van der Waals surface area contributed by atoms with Crippen molar-refractivity contribution in [3.05, 3.63) is 64.0 Å². The summed E-state index contributed by atoms with van der Waals surface area (Å²) in [6, 6.07) is 14.8. The fraction of sp³-hybridized carbons (Fsp3) is 0.381. The maximum absolute atomic E-state index is 13.1. The molecule has 4 rings (SSSR count). The fourth-order valence-electron chi connectivity index (χ4n) is 3.71. The number of nitrogens with zero attached hydrogens (tertiary/aromatic N) is 3. The average molecular weight is 386 g/mol. The number of fused-ring (bicyclic) bond motifs is 1. The minimum absolute atomic E-state index is 0.143. The number of benzene rings is 2. The van der Waals surface area contributed by atoms with E-state index in [1.54, 1.807) is 0 Å². The number of anilines is 1. The van der Waals surface area contributed by atoms with Gasteiger partial charge in [0.25, 0.3) is 0 Å². The first-order chi connectivity index (χ1) is 13.2. The summed E-state index contributed by atoms with van der Waals surface area (Å²) in [5.41, 5.74) is 2.15. The highest BCUT2D eigenvalue weighted by molar-refractivity contribution is 7.16. The van der Waals surface area contributed by atoms with E-state index in [1.165, 1.54) is 23.5 Å². The molecule has 27 heavy (non-hydrogen) atoms. The molecular formula is C21H24FN3OS. The zero-order valence-corrected chi connectivity index (χ0v) is 16.1. The molecule has 0 radical (unpaired) electrons. The Kier molecular flexibility index (Phi) is 5.55. The fourth-order valence-corrected chi connectivity index (χ4v) is 4.63. The first-order valence-corrected chi connectivity index (χ1v) is 10.3. The smallest absolute Gasteiger partial charge is 0.308 e. The van der Waals surface area contributed by atoms with Crippen LogP contribution in [0.15, 0.2) is 53.3 Å². The van der Waals surface area contributed by atoms with E-state index in [-0.39, 0.29) is 10.7 Å². The number of halogens is 1. The predicted octanol–water partition coefficient (Wildman–Crippen LogP) is 3.80. The highest BCUT2D eigenvalue weighted by Gasteiger charge is 2.17. The summed E-state index contributed by atoms with van der Waals surface area (Å²) >= 11 is 1.33. The Morgan fingerprint density at radius 3 is 2.37 bits per heavy atom. The van der Waals surface area contributed by atoms with E-state index in [0.29, 0.717) is 0 Å². The number of piperazine rings is 1. The van der Waals surface area contributed by atoms with Crippen molar-refractivity contribution in [2.75, 3.05) is 37.6 Å². The minimum atomic E-state index is -0.185. The van der Waals surface area contributed by atoms with Gasteiger partial charge in [0.05, 0.1) is 10.2 Å². The summed E-state index contributed by atoms with van der Waals surface area (Å²) < 4.78 is 16.0. The van der Waals surface area contributed by atoms with Gasteiger partial charge in [0, 0.05) is 38.4 Å². The zero-order valence-electron chi connectivity index (χ0n) is 15.3. The van der Waals surface area contributed by atoms with Crippen molar-refractivity contribution in [3.63, 3.8) is 0 Å². The third-order valence-corrected chi connectivity index (χ3v) is 6.20. The van der Waals surface area contributed by atoms with Gasteiger partial charge in [0.1, 0.15) is 5.82 Å². The normalized spacial score (nSPS) is 15.5. The van der Waals surface area contributed by atoms with Crippen molar-refractivity contribution in [1.82, 2.24) is 9.47 Å². The van der Waals surface area contributed by atoms with E-state index in [0.717, 1.165) is 68.0 Å². The molecule has 0 spiro atoms. The first kappa shape index (κ1) is 18.2. The van der Waals surface area contributed by atoms with Crippen molar-refractivity contribution in [1.29, 1.82) is 0 Å². The van der Waals surface area contributed by atoms with Crippen LogP contribution in [-0.2, 0) is 6.54 Å². The summed E-state index contributed by atoms with van der Waals surface area (Å²) in [5.74, 6) is -0.185. The molecule has 1 fully saturated rings. The van der Waals surface area contributed by atoms with Gasteiger partial charge in [-0.15, -0.1) is 0 Å². The van der Waals surface area contributed by atoms with E-state index < -0.39 is 0 Å². The molecule has 1 aliphatic heterocycles. The van der Waals surface area contributed by atoms with E-state index in [2.05, 4.69) is 9.80 Å². The quantitative estimate of drug-likeness (QED) is 0.604. The summed E-state index contributed by atoms with van der Waals surface area (Å²) in [4.78, 5) is 17.1. The van der Waals surface area contributed by atoms with E-state index >= 15 is 0 Å². The lowest BCUT2D eigenvalue weighted by atomic mass is 10.2. The maximum atomic E-state index is 13.1. The van der Waals surface area contributed by atoms with Gasteiger partial charge in [0.15, 0.2) is 0 Å². The Morgan fingerprint density at radius 1 is 0.889 bits per heavy atom. The third-order valence-electron chi connectivity index (χ3n) is 5.24. The summed E-state index contributed by atoms with van der Waals surface area (Å²) in [6.45, 7) is 5.85. The van der Waals surface area contributed by atoms with E-state index in [1.807, 2.05) is 41.0 Å². The van der Waals surface area contributed by atoms with Gasteiger partial charge in [0.2, 0.25) is 0 Å². The molecule has 0 atom stereocenters. The Morgan fingerprint density at radius 2 is 1.59 bits per heavy atom. The highest BCUT2D eigenvalue weighted by atomic mass is 32.1. The second-order valence-corrected chi connectivity index (χ2v) is 7.99. The van der Waals surface area contributed by atoms with Gasteiger partial charge in [-0.05, 0) is 55.8 Å². The van der Waals surface area contributed by atoms with Crippen molar-refractivity contribution >= 4 is 27.2 Å². The molecule has 0 amide bonds. The van der Waals surface area contributed by atoms with Crippen LogP contribution in [0.25, 0.3) is 10.2 Å². The average Bonchev–Trinajstić information content (AvgIpc) is 3.02. The highest BCUT2D eigenvalue weighted by Crippen LogP contribution is 2.18. The van der Waals surface area contributed by atoms with Crippen molar-refractivity contribution in [2.24, 2.45) is 0 Å². The van der Waals surface area contributed by atoms with Crippen molar-refractivity contribution in [2.45, 2.75) is 19.4 Å². The van der Waals surface area contributed by atoms with Crippen molar-refractivity contribution in [3.8, 4) is 0 Å². The second-order valence-electron chi connectivity index (χ2n) is 7.00. The zero-order chi connectivity index (χ0) is 18.6. The maximum Gasteiger partial charge on any atom is 0.308 e. The summed E-state index contributed by atoms with van der Waals surface area (Å²) in [6.07, 6.45) is 2.10. The van der Waals surface area contributed by atoms with E-state index in [4.69, 9.17) is 0 Å². The lowest BCUT2D eigenvalue weighted by molar-refractivity contribution is 0.251. The van der Waals surface area contributed by atoms with Gasteiger partial charge in [-0.25, -0.2) is 4.39 Å². The Balaban J connectivity index is 1.23. The third kappa shape index (κ3) is 4.22. The Labute approximate surface area is 162 Å². The number of aromatic nitrogens is 1. The summed E-state index contributed by atoms with van der Waals surface area (Å²) in [5, 5.41) is 0. The van der Waals surface area contributed by atoms with Gasteiger partial charge in [-0.3, -0.25) is 14.3 Å². The number of aryl methyl sites for hydroxylation is 1. The molecule has 3 aromatic rings. The molecule has 0 saturated carbocycles. The Hall–Kier alpha value is -2.18. The number of para-hydroxylation sites is 1.